The molecule has 0 spiro atoms. The van der Waals surface area contributed by atoms with Gasteiger partial charge < -0.3 is 15.2 Å². The fraction of sp³-hybridized carbons (Fsp3) is 0.158. The number of nitrogens with one attached hydrogen (secondary N) is 1. The molecule has 1 amide bonds. The maximum absolute atomic E-state index is 11.7. The first-order valence-electron chi connectivity index (χ1n) is 8.27. The van der Waals surface area contributed by atoms with Crippen LogP contribution < -0.4 is 10.1 Å². The number of carboxylic acid groups (broad SMARTS) is 1. The minimum atomic E-state index is -1.03. The maximum atomic E-state index is 11.7. The Kier molecular flexibility index (Phi) is 6.83. The molecule has 2 N–H and O–H groups in total. The number of carbonyl (C=O) groups excluding carboxylic acids is 1. The van der Waals surface area contributed by atoms with Crippen molar-refractivity contribution in [2.24, 2.45) is 10.2 Å². The molecule has 0 aliphatic carbocycles. The molecule has 3 rings (SSSR count). The van der Waals surface area contributed by atoms with E-state index in [9.17, 15) is 9.59 Å². The van der Waals surface area contributed by atoms with Crippen LogP contribution in [0.2, 0.25) is 0 Å². The molecule has 2 aromatic rings. The average molecular weight is 462 g/mol. The van der Waals surface area contributed by atoms with E-state index in [1.807, 2.05) is 48.5 Å². The summed E-state index contributed by atoms with van der Waals surface area (Å²) in [6.07, 6.45) is 1.29. The Morgan fingerprint density at radius 1 is 1.29 bits per heavy atom. The SMILES string of the molecule is O=C(O)CC1S/C(=N/N=C/c2cccc(OCc3ccc(Br)cc3)c2)NC1=O. The molecule has 2 aromatic carbocycles. The quantitative estimate of drug-likeness (QED) is 0.485. The average Bonchev–Trinajstić information content (AvgIpc) is 3.00. The predicted molar refractivity (Wildman–Crippen MR) is 112 cm³/mol. The van der Waals surface area contributed by atoms with Gasteiger partial charge in [0.15, 0.2) is 5.17 Å². The summed E-state index contributed by atoms with van der Waals surface area (Å²) in [7, 11) is 0. The number of ether oxygens (including phenoxy) is 1. The van der Waals surface area contributed by atoms with E-state index in [4.69, 9.17) is 9.84 Å². The molecule has 1 unspecified atom stereocenters. The van der Waals surface area contributed by atoms with Gasteiger partial charge >= 0.3 is 5.97 Å². The highest BCUT2D eigenvalue weighted by atomic mass is 79.9. The van der Waals surface area contributed by atoms with Crippen molar-refractivity contribution in [3.63, 3.8) is 0 Å². The normalized spacial score (nSPS) is 17.8. The Balaban J connectivity index is 1.57. The molecular weight excluding hydrogens is 446 g/mol. The first-order chi connectivity index (χ1) is 13.5. The minimum Gasteiger partial charge on any atom is -0.489 e. The molecule has 0 radical (unpaired) electrons. The summed E-state index contributed by atoms with van der Waals surface area (Å²) in [5.41, 5.74) is 1.84. The monoisotopic (exact) mass is 461 g/mol. The van der Waals surface area contributed by atoms with Gasteiger partial charge in [0.1, 0.15) is 17.6 Å². The Morgan fingerprint density at radius 3 is 2.82 bits per heavy atom. The zero-order chi connectivity index (χ0) is 19.9. The molecule has 1 atom stereocenters. The molecule has 1 heterocycles. The first-order valence-corrected chi connectivity index (χ1v) is 9.94. The molecule has 0 bridgehead atoms. The Morgan fingerprint density at radius 2 is 2.07 bits per heavy atom. The van der Waals surface area contributed by atoms with Gasteiger partial charge in [0.25, 0.3) is 0 Å². The standard InChI is InChI=1S/C19H16BrN3O4S/c20-14-6-4-12(5-7-14)11-27-15-3-1-2-13(8-15)10-21-23-19-22-18(26)16(28-19)9-17(24)25/h1-8,10,16H,9,11H2,(H,24,25)(H,22,23,26)/b21-10+. The van der Waals surface area contributed by atoms with Crippen LogP contribution in [0.4, 0.5) is 0 Å². The highest BCUT2D eigenvalue weighted by Crippen LogP contribution is 2.22. The van der Waals surface area contributed by atoms with Crippen LogP contribution in [0.15, 0.2) is 63.2 Å². The zero-order valence-electron chi connectivity index (χ0n) is 14.5. The number of thioether (sulfide) groups is 1. The summed E-state index contributed by atoms with van der Waals surface area (Å²) in [6, 6.07) is 15.3. The van der Waals surface area contributed by atoms with Gasteiger partial charge in [-0.1, -0.05) is 52.0 Å². The van der Waals surface area contributed by atoms with Crippen LogP contribution in [0.1, 0.15) is 17.5 Å². The number of nitrogens with zero attached hydrogens (tertiary/aromatic N) is 2. The molecule has 28 heavy (non-hydrogen) atoms. The molecule has 144 valence electrons. The molecular formula is C19H16BrN3O4S. The third-order valence-electron chi connectivity index (χ3n) is 3.67. The first kappa shape index (κ1) is 20.1. The van der Waals surface area contributed by atoms with Crippen LogP contribution >= 0.6 is 27.7 Å². The summed E-state index contributed by atoms with van der Waals surface area (Å²) < 4.78 is 6.80. The zero-order valence-corrected chi connectivity index (χ0v) is 16.9. The third kappa shape index (κ3) is 5.93. The number of carboxylic acids is 1. The molecule has 7 nitrogen and oxygen atoms in total. The second kappa shape index (κ2) is 9.52. The highest BCUT2D eigenvalue weighted by molar-refractivity contribution is 9.10. The lowest BCUT2D eigenvalue weighted by Gasteiger charge is -2.07. The fourth-order valence-corrected chi connectivity index (χ4v) is 3.50. The van der Waals surface area contributed by atoms with E-state index in [1.54, 1.807) is 0 Å². The third-order valence-corrected chi connectivity index (χ3v) is 5.27. The molecule has 1 aliphatic rings. The van der Waals surface area contributed by atoms with E-state index in [2.05, 4.69) is 31.4 Å². The van der Waals surface area contributed by atoms with Crippen LogP contribution in [0, 0.1) is 0 Å². The van der Waals surface area contributed by atoms with E-state index in [0.717, 1.165) is 27.4 Å². The second-order valence-corrected chi connectivity index (χ2v) is 7.94. The smallest absolute Gasteiger partial charge is 0.305 e. The number of carbonyl (C=O) groups is 2. The van der Waals surface area contributed by atoms with Crippen LogP contribution in [0.3, 0.4) is 0 Å². The lowest BCUT2D eigenvalue weighted by molar-refractivity contribution is -0.138. The Bertz CT molecular complexity index is 931. The number of rotatable bonds is 7. The van der Waals surface area contributed by atoms with Crippen LogP contribution in [0.25, 0.3) is 0 Å². The van der Waals surface area contributed by atoms with Gasteiger partial charge in [-0.05, 0) is 35.4 Å². The summed E-state index contributed by atoms with van der Waals surface area (Å²) in [5, 5.41) is 18.8. The van der Waals surface area contributed by atoms with Gasteiger partial charge in [-0.3, -0.25) is 9.59 Å². The lowest BCUT2D eigenvalue weighted by atomic mass is 10.2. The predicted octanol–water partition coefficient (Wildman–Crippen LogP) is 3.42. The van der Waals surface area contributed by atoms with Crippen molar-refractivity contribution in [1.29, 1.82) is 0 Å². The molecule has 1 saturated heterocycles. The molecule has 9 heteroatoms. The van der Waals surface area contributed by atoms with Crippen molar-refractivity contribution in [2.45, 2.75) is 18.3 Å². The van der Waals surface area contributed by atoms with Gasteiger partial charge in [0, 0.05) is 4.47 Å². The second-order valence-electron chi connectivity index (χ2n) is 5.83. The number of hydrogen-bond donors (Lipinski definition) is 2. The van der Waals surface area contributed by atoms with Gasteiger partial charge in [-0.25, -0.2) is 0 Å². The number of amides is 1. The molecule has 1 aliphatic heterocycles. The van der Waals surface area contributed by atoms with Gasteiger partial charge in [-0.15, -0.1) is 5.10 Å². The minimum absolute atomic E-state index is 0.253. The number of amidine groups is 1. The molecule has 0 saturated carbocycles. The molecule has 0 aromatic heterocycles. The van der Waals surface area contributed by atoms with E-state index in [-0.39, 0.29) is 17.5 Å². The van der Waals surface area contributed by atoms with Crippen molar-refractivity contribution in [2.75, 3.05) is 0 Å². The van der Waals surface area contributed by atoms with Crippen molar-refractivity contribution in [1.82, 2.24) is 5.32 Å². The van der Waals surface area contributed by atoms with Crippen molar-refractivity contribution in [3.8, 4) is 5.75 Å². The Labute approximate surface area is 174 Å². The van der Waals surface area contributed by atoms with E-state index in [1.165, 1.54) is 6.21 Å². The Hall–Kier alpha value is -2.65. The lowest BCUT2D eigenvalue weighted by Crippen LogP contribution is -2.26. The topological polar surface area (TPSA) is 100 Å². The van der Waals surface area contributed by atoms with Gasteiger partial charge in [0.05, 0.1) is 12.6 Å². The number of aliphatic carboxylic acids is 1. The largest absolute Gasteiger partial charge is 0.489 e. The van der Waals surface area contributed by atoms with Crippen LogP contribution in [-0.4, -0.2) is 33.6 Å². The van der Waals surface area contributed by atoms with Crippen LogP contribution in [0.5, 0.6) is 5.75 Å². The van der Waals surface area contributed by atoms with Gasteiger partial charge in [0.2, 0.25) is 5.91 Å². The summed E-state index contributed by atoms with van der Waals surface area (Å²) in [5.74, 6) is -0.702. The van der Waals surface area contributed by atoms with E-state index >= 15 is 0 Å². The fourth-order valence-electron chi connectivity index (χ4n) is 2.33. The summed E-state index contributed by atoms with van der Waals surface area (Å²) in [4.78, 5) is 22.4. The van der Waals surface area contributed by atoms with Crippen molar-refractivity contribution >= 4 is 51.0 Å². The maximum Gasteiger partial charge on any atom is 0.305 e. The number of halogens is 1. The number of benzene rings is 2. The van der Waals surface area contributed by atoms with Gasteiger partial charge in [-0.2, -0.15) is 5.10 Å². The summed E-state index contributed by atoms with van der Waals surface area (Å²) in [6.45, 7) is 0.448. The van der Waals surface area contributed by atoms with E-state index < -0.39 is 11.2 Å². The van der Waals surface area contributed by atoms with Crippen molar-refractivity contribution < 1.29 is 19.4 Å². The number of hydrogen-bond acceptors (Lipinski definition) is 6. The van der Waals surface area contributed by atoms with E-state index in [0.29, 0.717) is 12.4 Å². The van der Waals surface area contributed by atoms with Crippen molar-refractivity contribution in [3.05, 3.63) is 64.1 Å². The highest BCUT2D eigenvalue weighted by Gasteiger charge is 2.32. The van der Waals surface area contributed by atoms with Crippen LogP contribution in [-0.2, 0) is 16.2 Å². The summed E-state index contributed by atoms with van der Waals surface area (Å²) >= 11 is 4.46. The molecule has 1 fully saturated rings.